The van der Waals surface area contributed by atoms with Crippen LogP contribution in [-0.2, 0) is 24.2 Å². The van der Waals surface area contributed by atoms with Crippen LogP contribution < -0.4 is 5.32 Å². The number of nitrogens with one attached hydrogen (secondary N) is 1. The maximum atomic E-state index is 14.3. The highest BCUT2D eigenvalue weighted by Gasteiger charge is 2.34. The molecule has 1 saturated heterocycles. The highest BCUT2D eigenvalue weighted by atomic mass is 35.5. The third kappa shape index (κ3) is 6.12. The number of aromatic nitrogens is 5. The number of carbonyl (C=O) groups excluding carboxylic acids is 1. The molecule has 2 N–H and O–H groups in total. The summed E-state index contributed by atoms with van der Waals surface area (Å²) >= 11 is 15.1. The van der Waals surface area contributed by atoms with Crippen LogP contribution >= 0.6 is 34.5 Å². The highest BCUT2D eigenvalue weighted by molar-refractivity contribution is 7.13. The molecule has 2 atom stereocenters. The van der Waals surface area contributed by atoms with Crippen LogP contribution in [0.2, 0.25) is 10.0 Å². The molecule has 0 radical (unpaired) electrons. The number of fused-ring (bicyclic) bond motifs is 2. The lowest BCUT2D eigenvalue weighted by molar-refractivity contribution is -0.118. The molecule has 1 amide bonds. The van der Waals surface area contributed by atoms with Crippen LogP contribution in [0.4, 0.5) is 9.52 Å². The monoisotopic (exact) mass is 667 g/mol. The number of hydrogen-bond donors (Lipinski definition) is 2. The molecule has 7 rings (SSSR count). The fourth-order valence-electron chi connectivity index (χ4n) is 6.34. The average Bonchev–Trinajstić information content (AvgIpc) is 3.85. The molecule has 5 heterocycles. The number of amides is 1. The van der Waals surface area contributed by atoms with Crippen LogP contribution in [0.15, 0.2) is 54.4 Å². The molecule has 234 valence electrons. The summed E-state index contributed by atoms with van der Waals surface area (Å²) in [5.74, 6) is 0.0328. The van der Waals surface area contributed by atoms with Crippen molar-refractivity contribution in [3.8, 4) is 11.1 Å². The highest BCUT2D eigenvalue weighted by Crippen LogP contribution is 2.39. The minimum Gasteiger partial charge on any atom is -0.396 e. The van der Waals surface area contributed by atoms with Gasteiger partial charge >= 0.3 is 0 Å². The number of halogens is 3. The molecular formula is C32H32Cl2FN7O2S. The first-order valence-corrected chi connectivity index (χ1v) is 16.7. The van der Waals surface area contributed by atoms with Gasteiger partial charge in [0, 0.05) is 54.0 Å². The lowest BCUT2D eigenvalue weighted by atomic mass is 9.97. The fourth-order valence-corrected chi connectivity index (χ4v) is 7.43. The van der Waals surface area contributed by atoms with Crippen molar-refractivity contribution in [3.05, 3.63) is 81.4 Å². The summed E-state index contributed by atoms with van der Waals surface area (Å²) in [6.07, 6.45) is 7.03. The molecule has 0 saturated carbocycles. The van der Waals surface area contributed by atoms with Gasteiger partial charge in [-0.05, 0) is 55.5 Å². The fraction of sp³-hybridized carbons (Fsp3) is 0.375. The van der Waals surface area contributed by atoms with E-state index in [0.717, 1.165) is 50.0 Å². The van der Waals surface area contributed by atoms with Gasteiger partial charge in [-0.3, -0.25) is 14.8 Å². The van der Waals surface area contributed by atoms with Crippen LogP contribution in [-0.4, -0.2) is 72.6 Å². The van der Waals surface area contributed by atoms with Crippen LogP contribution in [0.1, 0.15) is 35.8 Å². The van der Waals surface area contributed by atoms with Gasteiger partial charge in [-0.2, -0.15) is 5.10 Å². The van der Waals surface area contributed by atoms with Crippen molar-refractivity contribution in [3.63, 3.8) is 0 Å². The van der Waals surface area contributed by atoms with Gasteiger partial charge in [0.1, 0.15) is 11.7 Å². The van der Waals surface area contributed by atoms with Crippen molar-refractivity contribution in [1.29, 1.82) is 0 Å². The predicted octanol–water partition coefficient (Wildman–Crippen LogP) is 6.03. The van der Waals surface area contributed by atoms with E-state index in [9.17, 15) is 14.3 Å². The van der Waals surface area contributed by atoms with E-state index in [-0.39, 0.29) is 19.6 Å². The zero-order valence-corrected chi connectivity index (χ0v) is 26.7. The third-order valence-electron chi connectivity index (χ3n) is 8.87. The predicted molar refractivity (Wildman–Crippen MR) is 175 cm³/mol. The van der Waals surface area contributed by atoms with Gasteiger partial charge in [-0.15, -0.1) is 11.3 Å². The summed E-state index contributed by atoms with van der Waals surface area (Å²) in [4.78, 5) is 24.9. The van der Waals surface area contributed by atoms with Gasteiger partial charge in [-0.1, -0.05) is 47.5 Å². The Morgan fingerprint density at radius 3 is 2.71 bits per heavy atom. The van der Waals surface area contributed by atoms with Crippen molar-refractivity contribution in [2.75, 3.05) is 31.6 Å². The van der Waals surface area contributed by atoms with Gasteiger partial charge in [0.2, 0.25) is 0 Å². The van der Waals surface area contributed by atoms with E-state index in [1.807, 2.05) is 18.2 Å². The number of alkyl halides is 1. The second-order valence-electron chi connectivity index (χ2n) is 11.8. The average molecular weight is 669 g/mol. The second kappa shape index (κ2) is 12.8. The molecule has 9 nitrogen and oxygen atoms in total. The van der Waals surface area contributed by atoms with Gasteiger partial charge in [0.25, 0.3) is 5.91 Å². The molecule has 3 aromatic heterocycles. The first kappa shape index (κ1) is 30.3. The van der Waals surface area contributed by atoms with E-state index < -0.39 is 18.1 Å². The van der Waals surface area contributed by atoms with E-state index in [1.165, 1.54) is 21.6 Å². The Morgan fingerprint density at radius 1 is 1.18 bits per heavy atom. The van der Waals surface area contributed by atoms with Crippen molar-refractivity contribution in [2.24, 2.45) is 5.92 Å². The normalized spacial score (nSPS) is 18.0. The van der Waals surface area contributed by atoms with Crippen molar-refractivity contribution in [1.82, 2.24) is 29.2 Å². The van der Waals surface area contributed by atoms with Crippen molar-refractivity contribution in [2.45, 2.75) is 44.4 Å². The number of benzene rings is 2. The Balaban J connectivity index is 1.17. The molecule has 0 aliphatic carbocycles. The smallest absolute Gasteiger partial charge is 0.257 e. The minimum absolute atomic E-state index is 0.168. The van der Waals surface area contributed by atoms with Gasteiger partial charge < -0.3 is 14.6 Å². The lowest BCUT2D eigenvalue weighted by Gasteiger charge is -2.31. The zero-order chi connectivity index (χ0) is 31.1. The Hall–Kier alpha value is -3.35. The summed E-state index contributed by atoms with van der Waals surface area (Å²) in [6, 6.07) is 9.13. The van der Waals surface area contributed by atoms with Crippen LogP contribution in [0.25, 0.3) is 22.0 Å². The molecule has 5 aromatic rings. The van der Waals surface area contributed by atoms with Crippen LogP contribution in [0.5, 0.6) is 0 Å². The molecule has 0 bridgehead atoms. The van der Waals surface area contributed by atoms with E-state index in [0.29, 0.717) is 43.4 Å². The molecule has 13 heteroatoms. The number of nitrogens with zero attached hydrogens (tertiary/aromatic N) is 6. The number of hydrogen-bond acceptors (Lipinski definition) is 7. The number of anilines is 1. The first-order valence-electron chi connectivity index (χ1n) is 15.1. The van der Waals surface area contributed by atoms with Crippen LogP contribution in [0.3, 0.4) is 0 Å². The number of thiazole rings is 1. The molecule has 2 aromatic carbocycles. The number of carbonyl (C=O) groups is 1. The van der Waals surface area contributed by atoms with Gasteiger partial charge in [-0.25, -0.2) is 14.4 Å². The minimum atomic E-state index is -1.04. The van der Waals surface area contributed by atoms with Crippen LogP contribution in [0, 0.1) is 5.92 Å². The van der Waals surface area contributed by atoms with E-state index in [4.69, 9.17) is 28.3 Å². The Bertz CT molecular complexity index is 1820. The third-order valence-corrected chi connectivity index (χ3v) is 10.3. The summed E-state index contributed by atoms with van der Waals surface area (Å²) in [6.45, 7) is 3.52. The topological polar surface area (TPSA) is 101 Å². The zero-order valence-electron chi connectivity index (χ0n) is 24.4. The second-order valence-corrected chi connectivity index (χ2v) is 13.4. The molecule has 0 spiro atoms. The largest absolute Gasteiger partial charge is 0.396 e. The first-order chi connectivity index (χ1) is 21.9. The molecule has 1 fully saturated rings. The number of likely N-dealkylation sites (tertiary alicyclic amines) is 1. The Labute approximate surface area is 273 Å². The maximum absolute atomic E-state index is 14.3. The lowest BCUT2D eigenvalue weighted by Crippen LogP contribution is -2.36. The quantitative estimate of drug-likeness (QED) is 0.199. The van der Waals surface area contributed by atoms with E-state index >= 15 is 0 Å². The van der Waals surface area contributed by atoms with Crippen molar-refractivity contribution < 1.29 is 14.3 Å². The Morgan fingerprint density at radius 2 is 1.98 bits per heavy atom. The molecule has 45 heavy (non-hydrogen) atoms. The standard InChI is InChI=1S/C32H32Cl2FN7O2S/c33-25-14-23(21-3-1-19(2-4-21)5-9-40-10-6-20(17-43)7-11-40)27(34)28-24(25)16-42(39-28)30(31(44)38-32-36-8-12-45-32)29-26-13-22(35)15-41(26)18-37-29/h1-4,8,12,14,16,18,20,22,30,43H,5-7,9-11,13,15,17H2,(H,36,38,44)/t22-,30?/m1/s1. The number of rotatable bonds is 9. The SMILES string of the molecule is O=C(Nc1nccs1)C(c1ncn2c1C[C@@H](F)C2)n1cc2c(Cl)cc(-c3ccc(CCN4CCC(CO)CC4)cc3)c(Cl)c2n1. The number of piperidine rings is 1. The van der Waals surface area contributed by atoms with E-state index in [1.54, 1.807) is 28.7 Å². The van der Waals surface area contributed by atoms with Gasteiger partial charge in [0.05, 0.1) is 28.6 Å². The summed E-state index contributed by atoms with van der Waals surface area (Å²) < 4.78 is 17.6. The van der Waals surface area contributed by atoms with Crippen molar-refractivity contribution >= 4 is 56.5 Å². The Kier molecular flexibility index (Phi) is 8.62. The number of imidazole rings is 1. The molecule has 1 unspecified atom stereocenters. The number of aliphatic hydroxyl groups excluding tert-OH is 1. The molecule has 2 aliphatic rings. The molecular weight excluding hydrogens is 636 g/mol. The summed E-state index contributed by atoms with van der Waals surface area (Å²) in [5.41, 5.74) is 4.43. The van der Waals surface area contributed by atoms with E-state index in [2.05, 4.69) is 32.3 Å². The van der Waals surface area contributed by atoms with Gasteiger partial charge in [0.15, 0.2) is 11.2 Å². The summed E-state index contributed by atoms with van der Waals surface area (Å²) in [7, 11) is 0. The molecule has 2 aliphatic heterocycles. The summed E-state index contributed by atoms with van der Waals surface area (Å²) in [5, 5.41) is 20.7. The number of aliphatic hydroxyl groups is 1. The maximum Gasteiger partial charge on any atom is 0.257 e.